The molecule has 8 heteroatoms. The lowest BCUT2D eigenvalue weighted by molar-refractivity contribution is -0.142. The number of rotatable bonds is 12. The number of carboxylic acid groups (broad SMARTS) is 1. The first-order chi connectivity index (χ1) is 16.8. The molecule has 0 spiro atoms. The second-order valence-corrected chi connectivity index (χ2v) is 9.21. The summed E-state index contributed by atoms with van der Waals surface area (Å²) in [5.74, 6) is -1.53. The molecule has 2 amide bonds. The number of hydrogen-bond donors (Lipinski definition) is 3. The molecule has 3 N–H and O–H groups in total. The van der Waals surface area contributed by atoms with Crippen molar-refractivity contribution < 1.29 is 24.2 Å². The van der Waals surface area contributed by atoms with Crippen LogP contribution in [0.5, 0.6) is 0 Å². The number of hydrogen-bond acceptors (Lipinski definition) is 5. The van der Waals surface area contributed by atoms with E-state index in [0.717, 1.165) is 28.7 Å². The van der Waals surface area contributed by atoms with Crippen LogP contribution < -0.4 is 10.6 Å². The molecule has 2 atom stereocenters. The number of amides is 2. The van der Waals surface area contributed by atoms with Crippen molar-refractivity contribution in [3.63, 3.8) is 0 Å². The zero-order chi connectivity index (χ0) is 25.4. The third kappa shape index (κ3) is 7.05. The van der Waals surface area contributed by atoms with Crippen LogP contribution in [0.4, 0.5) is 4.79 Å². The molecule has 1 aliphatic carbocycles. The second-order valence-electron chi connectivity index (χ2n) is 9.21. The number of alkyl carbamates (subject to hydrolysis) is 1. The molecule has 3 rings (SSSR count). The third-order valence-corrected chi connectivity index (χ3v) is 6.23. The minimum absolute atomic E-state index is 0.0101. The van der Waals surface area contributed by atoms with Gasteiger partial charge in [-0.05, 0) is 49.2 Å². The fourth-order valence-corrected chi connectivity index (χ4v) is 4.50. The van der Waals surface area contributed by atoms with Crippen molar-refractivity contribution in [3.8, 4) is 11.1 Å². The highest BCUT2D eigenvalue weighted by molar-refractivity contribution is 5.84. The molecule has 0 radical (unpaired) electrons. The Morgan fingerprint density at radius 1 is 0.971 bits per heavy atom. The van der Waals surface area contributed by atoms with Gasteiger partial charge in [-0.15, -0.1) is 0 Å². The largest absolute Gasteiger partial charge is 0.480 e. The van der Waals surface area contributed by atoms with E-state index in [0.29, 0.717) is 19.4 Å². The summed E-state index contributed by atoms with van der Waals surface area (Å²) < 4.78 is 5.60. The number of aliphatic carboxylic acids is 1. The van der Waals surface area contributed by atoms with E-state index in [1.54, 1.807) is 0 Å². The molecule has 2 aromatic rings. The summed E-state index contributed by atoms with van der Waals surface area (Å²) in [6.07, 6.45) is 1.04. The van der Waals surface area contributed by atoms with Crippen molar-refractivity contribution in [1.29, 1.82) is 0 Å². The molecule has 0 saturated heterocycles. The van der Waals surface area contributed by atoms with Crippen LogP contribution in [0.1, 0.15) is 49.7 Å². The van der Waals surface area contributed by atoms with E-state index in [1.165, 1.54) is 0 Å². The van der Waals surface area contributed by atoms with Crippen LogP contribution in [0, 0.1) is 0 Å². The number of carboxylic acids is 1. The number of carbonyl (C=O) groups is 3. The molecular formula is C27H35N3O5. The zero-order valence-corrected chi connectivity index (χ0v) is 20.6. The number of ether oxygens (including phenoxy) is 1. The van der Waals surface area contributed by atoms with Gasteiger partial charge in [-0.2, -0.15) is 0 Å². The average Bonchev–Trinajstić information content (AvgIpc) is 3.14. The molecule has 2 aromatic carbocycles. The summed E-state index contributed by atoms with van der Waals surface area (Å²) in [7, 11) is 3.69. The van der Waals surface area contributed by atoms with Gasteiger partial charge in [-0.3, -0.25) is 4.79 Å². The quantitative estimate of drug-likeness (QED) is 0.428. The van der Waals surface area contributed by atoms with Gasteiger partial charge in [0.1, 0.15) is 12.6 Å². The van der Waals surface area contributed by atoms with Gasteiger partial charge < -0.3 is 25.4 Å². The van der Waals surface area contributed by atoms with Gasteiger partial charge in [0.15, 0.2) is 0 Å². The molecule has 0 saturated carbocycles. The normalized spacial score (nSPS) is 14.1. The van der Waals surface area contributed by atoms with Gasteiger partial charge >= 0.3 is 12.1 Å². The Balaban J connectivity index is 1.56. The van der Waals surface area contributed by atoms with Gasteiger partial charge in [0, 0.05) is 24.9 Å². The SMILES string of the molecule is CCC[C@H](CC(=O)NC(CCN(C)C)C(=O)O)NC(=O)OCC1c2ccccc2-c2ccccc21. The number of carbonyl (C=O) groups excluding carboxylic acids is 2. The summed E-state index contributed by atoms with van der Waals surface area (Å²) in [6.45, 7) is 2.69. The molecule has 1 unspecified atom stereocenters. The standard InChI is InChI=1S/C27H35N3O5/c1-4-9-18(16-25(31)29-24(26(32)33)14-15-30(2)3)28-27(34)35-17-23-21-12-7-5-10-19(21)20-11-6-8-13-22(20)23/h5-8,10-13,18,23-24H,4,9,14-17H2,1-3H3,(H,28,34)(H,29,31)(H,32,33)/t18-,24?/m1/s1. The number of nitrogens with one attached hydrogen (secondary N) is 2. The van der Waals surface area contributed by atoms with Crippen molar-refractivity contribution in [3.05, 3.63) is 59.7 Å². The monoisotopic (exact) mass is 481 g/mol. The molecule has 1 aliphatic rings. The van der Waals surface area contributed by atoms with Crippen molar-refractivity contribution in [2.24, 2.45) is 0 Å². The predicted molar refractivity (Wildman–Crippen MR) is 134 cm³/mol. The first-order valence-electron chi connectivity index (χ1n) is 12.1. The van der Waals surface area contributed by atoms with E-state index < -0.39 is 30.1 Å². The Hall–Kier alpha value is -3.39. The van der Waals surface area contributed by atoms with E-state index in [4.69, 9.17) is 4.74 Å². The Bertz CT molecular complexity index is 993. The molecule has 35 heavy (non-hydrogen) atoms. The lowest BCUT2D eigenvalue weighted by atomic mass is 9.98. The Morgan fingerprint density at radius 2 is 1.57 bits per heavy atom. The minimum Gasteiger partial charge on any atom is -0.480 e. The molecule has 0 fully saturated rings. The maximum absolute atomic E-state index is 12.6. The topological polar surface area (TPSA) is 108 Å². The Kier molecular flexibility index (Phi) is 9.25. The lowest BCUT2D eigenvalue weighted by Crippen LogP contribution is -2.45. The predicted octanol–water partition coefficient (Wildman–Crippen LogP) is 3.61. The van der Waals surface area contributed by atoms with Gasteiger partial charge in [-0.25, -0.2) is 9.59 Å². The lowest BCUT2D eigenvalue weighted by Gasteiger charge is -2.21. The van der Waals surface area contributed by atoms with Gasteiger partial charge in [0.25, 0.3) is 0 Å². The third-order valence-electron chi connectivity index (χ3n) is 6.23. The summed E-state index contributed by atoms with van der Waals surface area (Å²) in [4.78, 5) is 38.5. The van der Waals surface area contributed by atoms with Crippen LogP contribution in [0.15, 0.2) is 48.5 Å². The highest BCUT2D eigenvalue weighted by Crippen LogP contribution is 2.44. The fraction of sp³-hybridized carbons (Fsp3) is 0.444. The van der Waals surface area contributed by atoms with Crippen molar-refractivity contribution in [2.75, 3.05) is 27.2 Å². The van der Waals surface area contributed by atoms with E-state index in [-0.39, 0.29) is 18.9 Å². The highest BCUT2D eigenvalue weighted by atomic mass is 16.5. The summed E-state index contributed by atoms with van der Waals surface area (Å²) in [5.41, 5.74) is 4.56. The zero-order valence-electron chi connectivity index (χ0n) is 20.6. The smallest absolute Gasteiger partial charge is 0.407 e. The van der Waals surface area contributed by atoms with Crippen molar-refractivity contribution in [1.82, 2.24) is 15.5 Å². The summed E-state index contributed by atoms with van der Waals surface area (Å²) >= 11 is 0. The van der Waals surface area contributed by atoms with E-state index in [2.05, 4.69) is 34.9 Å². The van der Waals surface area contributed by atoms with Gasteiger partial charge in [0.2, 0.25) is 5.91 Å². The van der Waals surface area contributed by atoms with Crippen LogP contribution in [0.3, 0.4) is 0 Å². The maximum atomic E-state index is 12.6. The fourth-order valence-electron chi connectivity index (χ4n) is 4.50. The number of nitrogens with zero attached hydrogens (tertiary/aromatic N) is 1. The van der Waals surface area contributed by atoms with Gasteiger partial charge in [-0.1, -0.05) is 61.9 Å². The van der Waals surface area contributed by atoms with Crippen LogP contribution in [0.2, 0.25) is 0 Å². The second kappa shape index (κ2) is 12.4. The number of benzene rings is 2. The summed E-state index contributed by atoms with van der Waals surface area (Å²) in [5, 5.41) is 14.8. The van der Waals surface area contributed by atoms with E-state index in [9.17, 15) is 19.5 Å². The van der Waals surface area contributed by atoms with E-state index in [1.807, 2.05) is 50.2 Å². The van der Waals surface area contributed by atoms with Crippen LogP contribution in [-0.2, 0) is 14.3 Å². The molecular weight excluding hydrogens is 446 g/mol. The van der Waals surface area contributed by atoms with Gasteiger partial charge in [0.05, 0.1) is 0 Å². The first-order valence-corrected chi connectivity index (χ1v) is 12.1. The molecule has 0 bridgehead atoms. The molecule has 188 valence electrons. The first kappa shape index (κ1) is 26.2. The molecule has 0 aromatic heterocycles. The van der Waals surface area contributed by atoms with Crippen LogP contribution >= 0.6 is 0 Å². The van der Waals surface area contributed by atoms with Crippen LogP contribution in [-0.4, -0.2) is 67.3 Å². The maximum Gasteiger partial charge on any atom is 0.407 e. The minimum atomic E-state index is -1.07. The van der Waals surface area contributed by atoms with Crippen molar-refractivity contribution >= 4 is 18.0 Å². The Labute approximate surface area is 206 Å². The highest BCUT2D eigenvalue weighted by Gasteiger charge is 2.29. The van der Waals surface area contributed by atoms with Crippen LogP contribution in [0.25, 0.3) is 11.1 Å². The Morgan fingerprint density at radius 3 is 2.11 bits per heavy atom. The van der Waals surface area contributed by atoms with Crippen molar-refractivity contribution in [2.45, 2.75) is 50.6 Å². The number of fused-ring (bicyclic) bond motifs is 3. The summed E-state index contributed by atoms with van der Waals surface area (Å²) in [6, 6.07) is 14.8. The molecule has 8 nitrogen and oxygen atoms in total. The van der Waals surface area contributed by atoms with E-state index >= 15 is 0 Å². The average molecular weight is 482 g/mol. The molecule has 0 heterocycles. The molecule has 0 aliphatic heterocycles.